The molecule has 1 aromatic rings. The van der Waals surface area contributed by atoms with Gasteiger partial charge in [-0.1, -0.05) is 31.5 Å². The molecule has 0 aromatic heterocycles. The Morgan fingerprint density at radius 2 is 2.14 bits per heavy atom. The van der Waals surface area contributed by atoms with Crippen LogP contribution < -0.4 is 16.2 Å². The van der Waals surface area contributed by atoms with Crippen molar-refractivity contribution >= 4 is 5.84 Å². The Morgan fingerprint density at radius 3 is 2.73 bits per heavy atom. The van der Waals surface area contributed by atoms with E-state index in [1.54, 1.807) is 7.11 Å². The minimum Gasteiger partial charge on any atom is -0.496 e. The number of methoxy groups -OCH3 is 1. The van der Waals surface area contributed by atoms with Crippen LogP contribution in [0.3, 0.4) is 0 Å². The highest BCUT2D eigenvalue weighted by atomic mass is 16.5. The molecule has 1 aromatic carbocycles. The van der Waals surface area contributed by atoms with E-state index in [1.807, 2.05) is 31.2 Å². The zero-order valence-electron chi connectivity index (χ0n) is 12.8. The number of para-hydroxylation sites is 1. The Morgan fingerprint density at radius 1 is 1.41 bits per heavy atom. The number of amidine groups is 1. The van der Waals surface area contributed by atoms with Crippen molar-refractivity contribution in [3.8, 4) is 11.8 Å². The van der Waals surface area contributed by atoms with E-state index in [9.17, 15) is 5.26 Å². The summed E-state index contributed by atoms with van der Waals surface area (Å²) in [6.45, 7) is 2.04. The molecule has 0 saturated carbocycles. The number of benzene rings is 1. The molecule has 5 nitrogen and oxygen atoms in total. The molecule has 0 saturated heterocycles. The van der Waals surface area contributed by atoms with Gasteiger partial charge in [0.05, 0.1) is 30.4 Å². The molecule has 1 atom stereocenters. The second-order valence-electron chi connectivity index (χ2n) is 5.02. The normalized spacial score (nSPS) is 19.8. The third-order valence-electron chi connectivity index (χ3n) is 3.70. The monoisotopic (exact) mass is 296 g/mol. The van der Waals surface area contributed by atoms with Crippen LogP contribution in [0.2, 0.25) is 0 Å². The lowest BCUT2D eigenvalue weighted by Crippen LogP contribution is -2.27. The molecule has 0 radical (unpaired) electrons. The molecule has 0 amide bonds. The van der Waals surface area contributed by atoms with Crippen LogP contribution in [-0.4, -0.2) is 12.9 Å². The van der Waals surface area contributed by atoms with E-state index in [0.717, 1.165) is 17.7 Å². The molecule has 1 aliphatic heterocycles. The molecule has 0 bridgehead atoms. The number of aliphatic imine (C=N–C) groups is 1. The van der Waals surface area contributed by atoms with Crippen molar-refractivity contribution in [2.45, 2.75) is 25.7 Å². The summed E-state index contributed by atoms with van der Waals surface area (Å²) >= 11 is 0. The van der Waals surface area contributed by atoms with E-state index in [-0.39, 0.29) is 5.92 Å². The molecule has 0 aliphatic carbocycles. The van der Waals surface area contributed by atoms with E-state index in [1.165, 1.54) is 6.20 Å². The first-order valence-electron chi connectivity index (χ1n) is 7.20. The van der Waals surface area contributed by atoms with Crippen molar-refractivity contribution in [1.29, 1.82) is 5.26 Å². The number of nitrogens with zero attached hydrogens (tertiary/aromatic N) is 2. The molecular formula is C17H20N4O. The average Bonchev–Trinajstić information content (AvgIpc) is 2.54. The van der Waals surface area contributed by atoms with Crippen LogP contribution in [0.15, 0.2) is 52.3 Å². The molecule has 4 N–H and O–H groups in total. The minimum absolute atomic E-state index is 0.342. The molecule has 0 spiro atoms. The van der Waals surface area contributed by atoms with Crippen LogP contribution in [-0.2, 0) is 0 Å². The van der Waals surface area contributed by atoms with E-state index >= 15 is 0 Å². The van der Waals surface area contributed by atoms with Crippen molar-refractivity contribution in [1.82, 2.24) is 0 Å². The number of ether oxygens (including phenoxy) is 1. The molecule has 1 aliphatic rings. The van der Waals surface area contributed by atoms with Crippen LogP contribution in [0.4, 0.5) is 0 Å². The number of hydrogen-bond donors (Lipinski definition) is 2. The Balaban J connectivity index is 2.69. The Labute approximate surface area is 130 Å². The van der Waals surface area contributed by atoms with Gasteiger partial charge in [-0.3, -0.25) is 0 Å². The fourth-order valence-corrected chi connectivity index (χ4v) is 2.71. The highest BCUT2D eigenvalue weighted by Crippen LogP contribution is 2.41. The average molecular weight is 296 g/mol. The molecule has 22 heavy (non-hydrogen) atoms. The van der Waals surface area contributed by atoms with E-state index in [0.29, 0.717) is 29.2 Å². The van der Waals surface area contributed by atoms with Crippen LogP contribution in [0.1, 0.15) is 31.2 Å². The van der Waals surface area contributed by atoms with Crippen LogP contribution in [0.25, 0.3) is 0 Å². The van der Waals surface area contributed by atoms with Crippen molar-refractivity contribution < 1.29 is 4.74 Å². The zero-order chi connectivity index (χ0) is 16.1. The third kappa shape index (κ3) is 2.68. The predicted octanol–water partition coefficient (Wildman–Crippen LogP) is 2.57. The molecule has 2 rings (SSSR count). The second kappa shape index (κ2) is 6.81. The van der Waals surface area contributed by atoms with Gasteiger partial charge in [0.2, 0.25) is 0 Å². The first kappa shape index (κ1) is 15.6. The summed E-state index contributed by atoms with van der Waals surface area (Å²) < 4.78 is 5.43. The third-order valence-corrected chi connectivity index (χ3v) is 3.70. The Hall–Kier alpha value is -2.74. The quantitative estimate of drug-likeness (QED) is 0.892. The highest BCUT2D eigenvalue weighted by molar-refractivity contribution is 6.01. The summed E-state index contributed by atoms with van der Waals surface area (Å²) in [7, 11) is 1.60. The Kier molecular flexibility index (Phi) is 4.84. The molecular weight excluding hydrogens is 276 g/mol. The van der Waals surface area contributed by atoms with Gasteiger partial charge in [-0.2, -0.15) is 5.26 Å². The maximum Gasteiger partial charge on any atom is 0.129 e. The molecule has 1 heterocycles. The molecule has 1 unspecified atom stereocenters. The summed E-state index contributed by atoms with van der Waals surface area (Å²) in [6.07, 6.45) is 3.01. The van der Waals surface area contributed by atoms with Crippen LogP contribution in [0.5, 0.6) is 5.75 Å². The van der Waals surface area contributed by atoms with Gasteiger partial charge in [-0.25, -0.2) is 4.99 Å². The molecule has 5 heteroatoms. The van der Waals surface area contributed by atoms with Gasteiger partial charge in [-0.15, -0.1) is 0 Å². The lowest BCUT2D eigenvalue weighted by Gasteiger charge is -2.26. The SMILES string of the molecule is CCCC1=C(C#N)C(c2ccccc2OC)/C(=C/N)C(N)=N1. The number of nitrogens with two attached hydrogens (primary N) is 2. The fraction of sp³-hybridized carbons (Fsp3) is 0.294. The standard InChI is InChI=1S/C17H20N4O/c1-3-6-14-12(9-18)16(13(10-19)17(20)21-14)11-7-4-5-8-15(11)22-2/h4-5,7-8,10,16H,3,6,19H2,1-2H3,(H2,20,21)/b13-10-. The van der Waals surface area contributed by atoms with Crippen molar-refractivity contribution in [3.05, 3.63) is 52.9 Å². The summed E-state index contributed by atoms with van der Waals surface area (Å²) in [5.41, 5.74) is 14.6. The van der Waals surface area contributed by atoms with Crippen LogP contribution >= 0.6 is 0 Å². The van der Waals surface area contributed by atoms with Gasteiger partial charge < -0.3 is 16.2 Å². The van der Waals surface area contributed by atoms with Crippen molar-refractivity contribution in [3.63, 3.8) is 0 Å². The second-order valence-corrected chi connectivity index (χ2v) is 5.02. The van der Waals surface area contributed by atoms with Crippen molar-refractivity contribution in [2.24, 2.45) is 16.5 Å². The zero-order valence-corrected chi connectivity index (χ0v) is 12.8. The lowest BCUT2D eigenvalue weighted by atomic mass is 9.81. The maximum atomic E-state index is 9.66. The Bertz CT molecular complexity index is 695. The summed E-state index contributed by atoms with van der Waals surface area (Å²) in [5, 5.41) is 9.66. The minimum atomic E-state index is -0.342. The van der Waals surface area contributed by atoms with E-state index in [2.05, 4.69) is 11.1 Å². The first-order valence-corrected chi connectivity index (χ1v) is 7.20. The number of hydrogen-bond acceptors (Lipinski definition) is 5. The lowest BCUT2D eigenvalue weighted by molar-refractivity contribution is 0.409. The highest BCUT2D eigenvalue weighted by Gasteiger charge is 2.32. The smallest absolute Gasteiger partial charge is 0.129 e. The van der Waals surface area contributed by atoms with Crippen molar-refractivity contribution in [2.75, 3.05) is 7.11 Å². The molecule has 114 valence electrons. The van der Waals surface area contributed by atoms with Crippen LogP contribution in [0, 0.1) is 11.3 Å². The van der Waals surface area contributed by atoms with Gasteiger partial charge in [0.25, 0.3) is 0 Å². The molecule has 0 fully saturated rings. The van der Waals surface area contributed by atoms with Gasteiger partial charge in [-0.05, 0) is 12.5 Å². The van der Waals surface area contributed by atoms with E-state index < -0.39 is 0 Å². The fourth-order valence-electron chi connectivity index (χ4n) is 2.71. The summed E-state index contributed by atoms with van der Waals surface area (Å²) in [4.78, 5) is 4.37. The number of rotatable bonds is 4. The predicted molar refractivity (Wildman–Crippen MR) is 87.2 cm³/mol. The first-order chi connectivity index (χ1) is 10.7. The van der Waals surface area contributed by atoms with Gasteiger partial charge in [0.1, 0.15) is 11.6 Å². The van der Waals surface area contributed by atoms with Gasteiger partial charge in [0, 0.05) is 17.3 Å². The summed E-state index contributed by atoms with van der Waals surface area (Å²) in [5.74, 6) is 0.719. The maximum absolute atomic E-state index is 9.66. The largest absolute Gasteiger partial charge is 0.496 e. The topological polar surface area (TPSA) is 97.4 Å². The number of allylic oxidation sites excluding steroid dienone is 2. The van der Waals surface area contributed by atoms with Gasteiger partial charge >= 0.3 is 0 Å². The number of nitriles is 1. The van der Waals surface area contributed by atoms with Gasteiger partial charge in [0.15, 0.2) is 0 Å². The summed E-state index contributed by atoms with van der Waals surface area (Å²) in [6, 6.07) is 9.86. The van der Waals surface area contributed by atoms with E-state index in [4.69, 9.17) is 16.2 Å².